The number of ether oxygens (including phenoxy) is 1. The van der Waals surface area contributed by atoms with Crippen molar-refractivity contribution in [1.29, 1.82) is 0 Å². The highest BCUT2D eigenvalue weighted by Gasteiger charge is 2.27. The van der Waals surface area contributed by atoms with E-state index >= 15 is 0 Å². The minimum absolute atomic E-state index is 0.0584. The van der Waals surface area contributed by atoms with Crippen molar-refractivity contribution in [3.8, 4) is 0 Å². The van der Waals surface area contributed by atoms with E-state index in [1.165, 1.54) is 24.2 Å². The minimum atomic E-state index is -4.34. The fraction of sp³-hybridized carbons (Fsp3) is 0.619. The van der Waals surface area contributed by atoms with Gasteiger partial charge in [-0.05, 0) is 24.0 Å². The molecule has 1 amide bonds. The van der Waals surface area contributed by atoms with E-state index in [9.17, 15) is 18.0 Å². The highest BCUT2D eigenvalue weighted by atomic mass is 19.4. The molecule has 0 aromatic heterocycles. The van der Waals surface area contributed by atoms with E-state index in [0.29, 0.717) is 24.1 Å². The number of amides is 1. The largest absolute Gasteiger partial charge is 0.411 e. The Morgan fingerprint density at radius 2 is 1.90 bits per heavy atom. The summed E-state index contributed by atoms with van der Waals surface area (Å²) in [7, 11) is 3.39. The van der Waals surface area contributed by atoms with Gasteiger partial charge in [0.05, 0.1) is 19.7 Å². The number of carbonyl (C=O) groups is 1. The predicted molar refractivity (Wildman–Crippen MR) is 110 cm³/mol. The fourth-order valence-corrected chi connectivity index (χ4v) is 3.18. The van der Waals surface area contributed by atoms with E-state index in [0.717, 1.165) is 18.4 Å². The number of rotatable bonds is 8. The van der Waals surface area contributed by atoms with Crippen LogP contribution < -0.4 is 10.6 Å². The molecule has 0 bridgehead atoms. The summed E-state index contributed by atoms with van der Waals surface area (Å²) in [6.45, 7) is -0.906. The number of hydrogen-bond donors (Lipinski definition) is 2. The molecule has 1 aromatic rings. The first-order chi connectivity index (χ1) is 14.2. The topological polar surface area (TPSA) is 66.0 Å². The van der Waals surface area contributed by atoms with E-state index in [1.54, 1.807) is 32.3 Å². The van der Waals surface area contributed by atoms with Gasteiger partial charge in [0.25, 0.3) is 0 Å². The van der Waals surface area contributed by atoms with Crippen LogP contribution in [0.25, 0.3) is 0 Å². The molecule has 1 aromatic carbocycles. The lowest BCUT2D eigenvalue weighted by molar-refractivity contribution is -0.176. The summed E-state index contributed by atoms with van der Waals surface area (Å²) in [5.41, 5.74) is 1.51. The summed E-state index contributed by atoms with van der Waals surface area (Å²) in [4.78, 5) is 18.0. The normalized spacial score (nSPS) is 15.7. The van der Waals surface area contributed by atoms with Crippen LogP contribution in [0.2, 0.25) is 0 Å². The number of likely N-dealkylation sites (N-methyl/N-ethyl adjacent to an activating group) is 1. The molecule has 0 radical (unpaired) electrons. The van der Waals surface area contributed by atoms with Crippen molar-refractivity contribution in [2.45, 2.75) is 57.5 Å². The molecular formula is C21H31F3N4O2. The Morgan fingerprint density at radius 1 is 1.20 bits per heavy atom. The van der Waals surface area contributed by atoms with E-state index in [2.05, 4.69) is 15.6 Å². The van der Waals surface area contributed by atoms with Crippen molar-refractivity contribution in [1.82, 2.24) is 15.5 Å². The first-order valence-electron chi connectivity index (χ1n) is 10.2. The number of aliphatic imine (C=N–C) groups is 1. The van der Waals surface area contributed by atoms with Crippen LogP contribution in [0.3, 0.4) is 0 Å². The predicted octanol–water partition coefficient (Wildman–Crippen LogP) is 3.22. The summed E-state index contributed by atoms with van der Waals surface area (Å²) in [5.74, 6) is 0.507. The van der Waals surface area contributed by atoms with E-state index in [4.69, 9.17) is 4.74 Å². The Balaban J connectivity index is 1.98. The van der Waals surface area contributed by atoms with Crippen molar-refractivity contribution in [3.63, 3.8) is 0 Å². The number of halogens is 3. The second-order valence-electron chi connectivity index (χ2n) is 7.71. The van der Waals surface area contributed by atoms with Crippen molar-refractivity contribution in [2.24, 2.45) is 4.99 Å². The number of alkyl halides is 3. The third-order valence-electron chi connectivity index (χ3n) is 4.80. The second-order valence-corrected chi connectivity index (χ2v) is 7.71. The van der Waals surface area contributed by atoms with Gasteiger partial charge >= 0.3 is 6.18 Å². The van der Waals surface area contributed by atoms with Crippen molar-refractivity contribution in [2.75, 3.05) is 27.2 Å². The Hall–Kier alpha value is -2.29. The standard InChI is InChI=1S/C21H31F3N4O2/c1-28(2)19(29)13-26-20(27-18-9-4-3-5-10-18)25-12-16-7-6-8-17(11-16)14-30-15-21(22,23)24/h6-8,11,18H,3-5,9-10,12-15H2,1-2H3,(H2,25,26,27). The van der Waals surface area contributed by atoms with Crippen molar-refractivity contribution in [3.05, 3.63) is 35.4 Å². The minimum Gasteiger partial charge on any atom is -0.367 e. The number of guanidine groups is 1. The van der Waals surface area contributed by atoms with Crippen LogP contribution in [-0.4, -0.2) is 56.2 Å². The smallest absolute Gasteiger partial charge is 0.367 e. The van der Waals surface area contributed by atoms with Gasteiger partial charge in [-0.2, -0.15) is 13.2 Å². The molecule has 1 saturated carbocycles. The van der Waals surface area contributed by atoms with Crippen LogP contribution >= 0.6 is 0 Å². The average Bonchev–Trinajstić information content (AvgIpc) is 2.70. The summed E-state index contributed by atoms with van der Waals surface area (Å²) in [5, 5.41) is 6.49. The molecule has 168 valence electrons. The number of benzene rings is 1. The molecule has 0 unspecified atom stereocenters. The zero-order valence-electron chi connectivity index (χ0n) is 17.6. The zero-order chi connectivity index (χ0) is 22.0. The first kappa shape index (κ1) is 24.0. The van der Waals surface area contributed by atoms with Crippen LogP contribution in [0.5, 0.6) is 0 Å². The van der Waals surface area contributed by atoms with Gasteiger partial charge in [-0.1, -0.05) is 43.5 Å². The number of nitrogens with zero attached hydrogens (tertiary/aromatic N) is 2. The molecule has 30 heavy (non-hydrogen) atoms. The first-order valence-corrected chi connectivity index (χ1v) is 10.2. The summed E-state index contributed by atoms with van der Waals surface area (Å²) in [6.07, 6.45) is 1.36. The lowest BCUT2D eigenvalue weighted by Gasteiger charge is -2.25. The lowest BCUT2D eigenvalue weighted by atomic mass is 9.96. The fourth-order valence-electron chi connectivity index (χ4n) is 3.18. The molecule has 6 nitrogen and oxygen atoms in total. The lowest BCUT2D eigenvalue weighted by Crippen LogP contribution is -2.47. The third kappa shape index (κ3) is 9.47. The molecule has 1 fully saturated rings. The maximum atomic E-state index is 12.2. The van der Waals surface area contributed by atoms with E-state index in [-0.39, 0.29) is 19.1 Å². The summed E-state index contributed by atoms with van der Waals surface area (Å²) in [6, 6.07) is 7.46. The molecule has 2 rings (SSSR count). The quantitative estimate of drug-likeness (QED) is 0.493. The van der Waals surface area contributed by atoms with E-state index in [1.807, 2.05) is 6.07 Å². The zero-order valence-corrected chi connectivity index (χ0v) is 17.6. The molecule has 0 heterocycles. The molecule has 2 N–H and O–H groups in total. The summed E-state index contributed by atoms with van der Waals surface area (Å²) < 4.78 is 41.4. The number of hydrogen-bond acceptors (Lipinski definition) is 3. The van der Waals surface area contributed by atoms with Crippen molar-refractivity contribution < 1.29 is 22.7 Å². The Bertz CT molecular complexity index is 702. The SMILES string of the molecule is CN(C)C(=O)CNC(=NCc1cccc(COCC(F)(F)F)c1)NC1CCCCC1. The van der Waals surface area contributed by atoms with Gasteiger partial charge in [-0.25, -0.2) is 4.99 Å². The molecule has 0 spiro atoms. The Morgan fingerprint density at radius 3 is 2.57 bits per heavy atom. The second kappa shape index (κ2) is 11.8. The summed E-state index contributed by atoms with van der Waals surface area (Å²) >= 11 is 0. The van der Waals surface area contributed by atoms with Gasteiger partial charge in [0, 0.05) is 20.1 Å². The molecule has 0 saturated heterocycles. The van der Waals surface area contributed by atoms with Crippen LogP contribution in [-0.2, 0) is 22.7 Å². The average molecular weight is 428 g/mol. The molecule has 9 heteroatoms. The van der Waals surface area contributed by atoms with Crippen LogP contribution in [0, 0.1) is 0 Å². The van der Waals surface area contributed by atoms with Gasteiger partial charge < -0.3 is 20.3 Å². The molecule has 1 aliphatic rings. The van der Waals surface area contributed by atoms with Crippen LogP contribution in [0.4, 0.5) is 13.2 Å². The van der Waals surface area contributed by atoms with Crippen molar-refractivity contribution >= 4 is 11.9 Å². The highest BCUT2D eigenvalue weighted by Crippen LogP contribution is 2.18. The number of nitrogens with one attached hydrogen (secondary N) is 2. The molecular weight excluding hydrogens is 397 g/mol. The van der Waals surface area contributed by atoms with Gasteiger partial charge in [0.1, 0.15) is 6.61 Å². The van der Waals surface area contributed by atoms with Gasteiger partial charge in [0.15, 0.2) is 5.96 Å². The van der Waals surface area contributed by atoms with E-state index < -0.39 is 12.8 Å². The Labute approximate surface area is 175 Å². The number of carbonyl (C=O) groups excluding carboxylic acids is 1. The van der Waals surface area contributed by atoms with Crippen LogP contribution in [0.15, 0.2) is 29.3 Å². The van der Waals surface area contributed by atoms with Gasteiger partial charge in [0.2, 0.25) is 5.91 Å². The van der Waals surface area contributed by atoms with Crippen LogP contribution in [0.1, 0.15) is 43.2 Å². The molecule has 0 atom stereocenters. The monoisotopic (exact) mass is 428 g/mol. The molecule has 0 aliphatic heterocycles. The maximum Gasteiger partial charge on any atom is 0.411 e. The Kier molecular flexibility index (Phi) is 9.42. The maximum absolute atomic E-state index is 12.2. The molecule has 1 aliphatic carbocycles. The highest BCUT2D eigenvalue weighted by molar-refractivity contribution is 5.86. The van der Waals surface area contributed by atoms with Gasteiger partial charge in [-0.3, -0.25) is 4.79 Å². The third-order valence-corrected chi connectivity index (χ3v) is 4.80. The van der Waals surface area contributed by atoms with Gasteiger partial charge in [-0.15, -0.1) is 0 Å².